The van der Waals surface area contributed by atoms with Gasteiger partial charge < -0.3 is 4.74 Å². The molecule has 2 unspecified atom stereocenters. The second kappa shape index (κ2) is 7.15. The molecule has 1 aliphatic carbocycles. The number of rotatable bonds is 5. The van der Waals surface area contributed by atoms with Crippen molar-refractivity contribution < 1.29 is 9.53 Å². The highest BCUT2D eigenvalue weighted by atomic mass is 32.2. The zero-order valence-corrected chi connectivity index (χ0v) is 10.6. The van der Waals surface area contributed by atoms with E-state index in [1.54, 1.807) is 0 Å². The standard InChI is InChI=1S/C12H22O2S/c1-10-5-3-6-11(9-10)15-8-4-7-12(13)14-2/h10-11H,3-9H2,1-2H3. The SMILES string of the molecule is COC(=O)CCCSC1CCCC(C)C1. The van der Waals surface area contributed by atoms with E-state index in [2.05, 4.69) is 11.7 Å². The quantitative estimate of drug-likeness (QED) is 0.535. The number of esters is 1. The van der Waals surface area contributed by atoms with E-state index in [0.29, 0.717) is 6.42 Å². The van der Waals surface area contributed by atoms with Gasteiger partial charge in [0.25, 0.3) is 0 Å². The minimum Gasteiger partial charge on any atom is -0.469 e. The van der Waals surface area contributed by atoms with E-state index < -0.39 is 0 Å². The van der Waals surface area contributed by atoms with Crippen LogP contribution in [0.5, 0.6) is 0 Å². The zero-order valence-electron chi connectivity index (χ0n) is 9.83. The van der Waals surface area contributed by atoms with E-state index >= 15 is 0 Å². The van der Waals surface area contributed by atoms with Crippen molar-refractivity contribution in [2.45, 2.75) is 50.7 Å². The third-order valence-electron chi connectivity index (χ3n) is 2.99. The molecule has 3 heteroatoms. The molecule has 0 saturated heterocycles. The Morgan fingerprint density at radius 3 is 2.93 bits per heavy atom. The minimum absolute atomic E-state index is 0.0763. The molecule has 0 aliphatic heterocycles. The summed E-state index contributed by atoms with van der Waals surface area (Å²) in [5.74, 6) is 1.93. The van der Waals surface area contributed by atoms with Crippen molar-refractivity contribution in [3.05, 3.63) is 0 Å². The number of ether oxygens (including phenoxy) is 1. The summed E-state index contributed by atoms with van der Waals surface area (Å²) in [4.78, 5) is 10.9. The first-order chi connectivity index (χ1) is 7.22. The Labute approximate surface area is 97.1 Å². The monoisotopic (exact) mass is 230 g/mol. The average Bonchev–Trinajstić information content (AvgIpc) is 2.24. The molecule has 0 bridgehead atoms. The van der Waals surface area contributed by atoms with Gasteiger partial charge in [0.2, 0.25) is 0 Å². The Hall–Kier alpha value is -0.180. The second-order valence-corrected chi connectivity index (χ2v) is 5.85. The molecule has 0 heterocycles. The fourth-order valence-corrected chi connectivity index (χ4v) is 3.54. The molecule has 0 radical (unpaired) electrons. The van der Waals surface area contributed by atoms with Crippen LogP contribution < -0.4 is 0 Å². The lowest BCUT2D eigenvalue weighted by molar-refractivity contribution is -0.140. The zero-order chi connectivity index (χ0) is 11.1. The molecular weight excluding hydrogens is 208 g/mol. The van der Waals surface area contributed by atoms with Crippen LogP contribution in [0.25, 0.3) is 0 Å². The fourth-order valence-electron chi connectivity index (χ4n) is 2.10. The number of methoxy groups -OCH3 is 1. The van der Waals surface area contributed by atoms with E-state index in [4.69, 9.17) is 0 Å². The van der Waals surface area contributed by atoms with Crippen molar-refractivity contribution in [2.24, 2.45) is 5.92 Å². The number of carbonyl (C=O) groups excluding carboxylic acids is 1. The van der Waals surface area contributed by atoms with Gasteiger partial charge in [-0.2, -0.15) is 11.8 Å². The molecule has 0 aromatic heterocycles. The lowest BCUT2D eigenvalue weighted by Crippen LogP contribution is -2.15. The van der Waals surface area contributed by atoms with Crippen molar-refractivity contribution in [3.63, 3.8) is 0 Å². The lowest BCUT2D eigenvalue weighted by Gasteiger charge is -2.26. The Bertz CT molecular complexity index is 194. The molecule has 0 amide bonds. The van der Waals surface area contributed by atoms with Crippen LogP contribution in [0, 0.1) is 5.92 Å². The van der Waals surface area contributed by atoms with Crippen LogP contribution in [0.15, 0.2) is 0 Å². The Balaban J connectivity index is 2.02. The van der Waals surface area contributed by atoms with Gasteiger partial charge in [-0.3, -0.25) is 4.79 Å². The summed E-state index contributed by atoms with van der Waals surface area (Å²) in [5, 5.41) is 0.839. The van der Waals surface area contributed by atoms with Gasteiger partial charge in [-0.1, -0.05) is 19.8 Å². The number of hydrogen-bond acceptors (Lipinski definition) is 3. The number of thioether (sulfide) groups is 1. The normalized spacial score (nSPS) is 26.3. The van der Waals surface area contributed by atoms with Crippen LogP contribution in [0.2, 0.25) is 0 Å². The predicted octanol–water partition coefficient (Wildman–Crippen LogP) is 3.25. The maximum atomic E-state index is 10.9. The largest absolute Gasteiger partial charge is 0.469 e. The minimum atomic E-state index is -0.0763. The van der Waals surface area contributed by atoms with Gasteiger partial charge in [0, 0.05) is 11.7 Å². The molecule has 2 nitrogen and oxygen atoms in total. The maximum absolute atomic E-state index is 10.9. The Morgan fingerprint density at radius 1 is 1.47 bits per heavy atom. The van der Waals surface area contributed by atoms with E-state index in [-0.39, 0.29) is 5.97 Å². The second-order valence-electron chi connectivity index (χ2n) is 4.44. The summed E-state index contributed by atoms with van der Waals surface area (Å²) in [6.45, 7) is 2.35. The van der Waals surface area contributed by atoms with Gasteiger partial charge in [0.05, 0.1) is 7.11 Å². The van der Waals surface area contributed by atoms with Crippen molar-refractivity contribution in [1.82, 2.24) is 0 Å². The van der Waals surface area contributed by atoms with Gasteiger partial charge in [0.15, 0.2) is 0 Å². The number of carbonyl (C=O) groups is 1. The van der Waals surface area contributed by atoms with Crippen LogP contribution in [0.3, 0.4) is 0 Å². The van der Waals surface area contributed by atoms with Gasteiger partial charge in [-0.15, -0.1) is 0 Å². The molecule has 1 rings (SSSR count). The summed E-state index contributed by atoms with van der Waals surface area (Å²) < 4.78 is 4.61. The molecule has 15 heavy (non-hydrogen) atoms. The first-order valence-corrected chi connectivity index (χ1v) is 6.95. The summed E-state index contributed by atoms with van der Waals surface area (Å²) in [7, 11) is 1.46. The third kappa shape index (κ3) is 5.45. The van der Waals surface area contributed by atoms with Crippen LogP contribution in [0.1, 0.15) is 45.4 Å². The maximum Gasteiger partial charge on any atom is 0.305 e. The van der Waals surface area contributed by atoms with Crippen molar-refractivity contribution in [2.75, 3.05) is 12.9 Å². The van der Waals surface area contributed by atoms with E-state index in [0.717, 1.165) is 23.3 Å². The smallest absolute Gasteiger partial charge is 0.305 e. The first-order valence-electron chi connectivity index (χ1n) is 5.90. The fraction of sp³-hybridized carbons (Fsp3) is 0.917. The third-order valence-corrected chi connectivity index (χ3v) is 4.42. The van der Waals surface area contributed by atoms with Gasteiger partial charge in [-0.25, -0.2) is 0 Å². The highest BCUT2D eigenvalue weighted by Gasteiger charge is 2.18. The predicted molar refractivity (Wildman–Crippen MR) is 65.1 cm³/mol. The van der Waals surface area contributed by atoms with Gasteiger partial charge in [-0.05, 0) is 30.9 Å². The highest BCUT2D eigenvalue weighted by Crippen LogP contribution is 2.32. The number of hydrogen-bond donors (Lipinski definition) is 0. The van der Waals surface area contributed by atoms with E-state index in [1.807, 2.05) is 11.8 Å². The van der Waals surface area contributed by atoms with Crippen LogP contribution in [-0.2, 0) is 9.53 Å². The molecule has 1 saturated carbocycles. The summed E-state index contributed by atoms with van der Waals surface area (Å²) in [6.07, 6.45) is 7.05. The molecule has 1 fully saturated rings. The topological polar surface area (TPSA) is 26.3 Å². The Morgan fingerprint density at radius 2 is 2.27 bits per heavy atom. The van der Waals surface area contributed by atoms with Crippen molar-refractivity contribution in [1.29, 1.82) is 0 Å². The highest BCUT2D eigenvalue weighted by molar-refractivity contribution is 7.99. The van der Waals surface area contributed by atoms with Crippen molar-refractivity contribution in [3.8, 4) is 0 Å². The van der Waals surface area contributed by atoms with Crippen molar-refractivity contribution >= 4 is 17.7 Å². The molecule has 0 spiro atoms. The lowest BCUT2D eigenvalue weighted by atomic mass is 9.91. The van der Waals surface area contributed by atoms with Crippen LogP contribution in [0.4, 0.5) is 0 Å². The van der Waals surface area contributed by atoms with Crippen LogP contribution in [-0.4, -0.2) is 24.1 Å². The molecule has 0 aromatic carbocycles. The average molecular weight is 230 g/mol. The Kier molecular flexibility index (Phi) is 6.15. The molecule has 88 valence electrons. The summed E-state index contributed by atoms with van der Waals surface area (Å²) in [5.41, 5.74) is 0. The molecular formula is C12H22O2S. The molecule has 0 aromatic rings. The van der Waals surface area contributed by atoms with Crippen LogP contribution >= 0.6 is 11.8 Å². The summed E-state index contributed by atoms with van der Waals surface area (Å²) in [6, 6.07) is 0. The summed E-state index contributed by atoms with van der Waals surface area (Å²) >= 11 is 2.05. The molecule has 1 aliphatic rings. The van der Waals surface area contributed by atoms with Gasteiger partial charge in [0.1, 0.15) is 0 Å². The molecule has 2 atom stereocenters. The van der Waals surface area contributed by atoms with Gasteiger partial charge >= 0.3 is 5.97 Å². The van der Waals surface area contributed by atoms with E-state index in [1.165, 1.54) is 32.8 Å². The van der Waals surface area contributed by atoms with E-state index in [9.17, 15) is 4.79 Å². The molecule has 0 N–H and O–H groups in total. The first kappa shape index (κ1) is 12.9.